The molecule has 1 aliphatic rings. The lowest BCUT2D eigenvalue weighted by atomic mass is 10.1. The number of aliphatic hydroxyl groups is 1. The van der Waals surface area contributed by atoms with Gasteiger partial charge in [-0.05, 0) is 29.8 Å². The van der Waals surface area contributed by atoms with E-state index in [1.807, 2.05) is 47.1 Å². The van der Waals surface area contributed by atoms with Crippen LogP contribution in [0.1, 0.15) is 5.56 Å². The van der Waals surface area contributed by atoms with Crippen LogP contribution in [0.15, 0.2) is 42.7 Å². The molecule has 1 amide bonds. The number of anilines is 1. The zero-order valence-corrected chi connectivity index (χ0v) is 12.6. The third-order valence-electron chi connectivity index (χ3n) is 4.04. The number of pyridine rings is 1. The lowest BCUT2D eigenvalue weighted by Crippen LogP contribution is -2.35. The summed E-state index contributed by atoms with van der Waals surface area (Å²) in [5, 5.41) is 9.22. The first-order valence-corrected chi connectivity index (χ1v) is 7.28. The summed E-state index contributed by atoms with van der Waals surface area (Å²) in [6, 6.07) is 9.40. The van der Waals surface area contributed by atoms with Gasteiger partial charge in [-0.3, -0.25) is 4.79 Å². The van der Waals surface area contributed by atoms with Gasteiger partial charge in [0.2, 0.25) is 0 Å². The van der Waals surface area contributed by atoms with Crippen molar-refractivity contribution >= 4 is 17.2 Å². The second-order valence-electron chi connectivity index (χ2n) is 5.51. The van der Waals surface area contributed by atoms with E-state index in [-0.39, 0.29) is 19.1 Å². The first-order chi connectivity index (χ1) is 11.2. The summed E-state index contributed by atoms with van der Waals surface area (Å²) in [6.45, 7) is 0.0632. The summed E-state index contributed by atoms with van der Waals surface area (Å²) in [4.78, 5) is 18.0. The van der Waals surface area contributed by atoms with Gasteiger partial charge in [-0.15, -0.1) is 0 Å². The number of amides is 1. The van der Waals surface area contributed by atoms with Crippen molar-refractivity contribution in [3.05, 3.63) is 48.3 Å². The van der Waals surface area contributed by atoms with Crippen LogP contribution in [-0.2, 0) is 11.4 Å². The average Bonchev–Trinajstić information content (AvgIpc) is 3.01. The number of aromatic nitrogens is 2. The molecule has 116 valence electrons. The fourth-order valence-corrected chi connectivity index (χ4v) is 2.70. The molecule has 23 heavy (non-hydrogen) atoms. The van der Waals surface area contributed by atoms with Gasteiger partial charge in [-0.25, -0.2) is 4.98 Å². The quantitative estimate of drug-likeness (QED) is 0.784. The number of aliphatic hydroxyl groups excluding tert-OH is 1. The molecule has 2 aromatic heterocycles. The molecule has 0 atom stereocenters. The maximum atomic E-state index is 11.8. The lowest BCUT2D eigenvalue weighted by Gasteiger charge is -2.26. The van der Waals surface area contributed by atoms with Crippen molar-refractivity contribution in [3.63, 3.8) is 0 Å². The summed E-state index contributed by atoms with van der Waals surface area (Å²) < 4.78 is 7.32. The SMILES string of the molecule is CN1C(=O)COc2ccc(-c3cn4cc(CO)ccc4n3)cc21. The molecule has 1 aromatic carbocycles. The van der Waals surface area contributed by atoms with Crippen LogP contribution in [0.5, 0.6) is 5.75 Å². The van der Waals surface area contributed by atoms with Crippen molar-refractivity contribution < 1.29 is 14.6 Å². The summed E-state index contributed by atoms with van der Waals surface area (Å²) >= 11 is 0. The van der Waals surface area contributed by atoms with E-state index >= 15 is 0 Å². The molecule has 0 fully saturated rings. The highest BCUT2D eigenvalue weighted by Crippen LogP contribution is 2.35. The first-order valence-electron chi connectivity index (χ1n) is 7.28. The van der Waals surface area contributed by atoms with Crippen LogP contribution in [0.4, 0.5) is 5.69 Å². The predicted molar refractivity (Wildman–Crippen MR) is 85.5 cm³/mol. The Hall–Kier alpha value is -2.86. The van der Waals surface area contributed by atoms with E-state index in [1.165, 1.54) is 0 Å². The molecule has 0 aliphatic carbocycles. The van der Waals surface area contributed by atoms with E-state index in [0.717, 1.165) is 28.2 Å². The van der Waals surface area contributed by atoms with Gasteiger partial charge in [-0.1, -0.05) is 6.07 Å². The molecule has 6 heteroatoms. The van der Waals surface area contributed by atoms with Crippen molar-refractivity contribution in [1.29, 1.82) is 0 Å². The van der Waals surface area contributed by atoms with Gasteiger partial charge in [-0.2, -0.15) is 0 Å². The predicted octanol–water partition coefficient (Wildman–Crippen LogP) is 1.85. The number of nitrogens with zero attached hydrogens (tertiary/aromatic N) is 3. The molecule has 0 unspecified atom stereocenters. The molecule has 1 N–H and O–H groups in total. The highest BCUT2D eigenvalue weighted by atomic mass is 16.5. The molecule has 3 aromatic rings. The fraction of sp³-hybridized carbons (Fsp3) is 0.176. The number of hydrogen-bond donors (Lipinski definition) is 1. The Labute approximate surface area is 132 Å². The number of fused-ring (bicyclic) bond motifs is 2. The zero-order chi connectivity index (χ0) is 16.0. The molecular weight excluding hydrogens is 294 g/mol. The minimum Gasteiger partial charge on any atom is -0.482 e. The topological polar surface area (TPSA) is 67.1 Å². The van der Waals surface area contributed by atoms with E-state index in [2.05, 4.69) is 4.98 Å². The monoisotopic (exact) mass is 309 g/mol. The number of carbonyl (C=O) groups excluding carboxylic acids is 1. The van der Waals surface area contributed by atoms with Gasteiger partial charge >= 0.3 is 0 Å². The number of benzene rings is 1. The molecule has 0 radical (unpaired) electrons. The van der Waals surface area contributed by atoms with Gasteiger partial charge in [0.25, 0.3) is 5.91 Å². The third kappa shape index (κ3) is 2.24. The number of carbonyl (C=O) groups is 1. The third-order valence-corrected chi connectivity index (χ3v) is 4.04. The van der Waals surface area contributed by atoms with Gasteiger partial charge in [0.05, 0.1) is 18.0 Å². The van der Waals surface area contributed by atoms with Gasteiger partial charge < -0.3 is 19.1 Å². The van der Waals surface area contributed by atoms with Gasteiger partial charge in [0, 0.05) is 25.0 Å². The Morgan fingerprint density at radius 3 is 2.96 bits per heavy atom. The van der Waals surface area contributed by atoms with Crippen LogP contribution in [-0.4, -0.2) is 34.1 Å². The number of likely N-dealkylation sites (N-methyl/N-ethyl adjacent to an activating group) is 1. The van der Waals surface area contributed by atoms with Crippen molar-refractivity contribution in [2.45, 2.75) is 6.61 Å². The zero-order valence-electron chi connectivity index (χ0n) is 12.6. The number of imidazole rings is 1. The van der Waals surface area contributed by atoms with Crippen LogP contribution in [0.25, 0.3) is 16.9 Å². The summed E-state index contributed by atoms with van der Waals surface area (Å²) in [7, 11) is 1.74. The maximum absolute atomic E-state index is 11.8. The Morgan fingerprint density at radius 2 is 2.13 bits per heavy atom. The average molecular weight is 309 g/mol. The van der Waals surface area contributed by atoms with Crippen LogP contribution >= 0.6 is 0 Å². The summed E-state index contributed by atoms with van der Waals surface area (Å²) in [6.07, 6.45) is 3.75. The highest BCUT2D eigenvalue weighted by Gasteiger charge is 2.22. The number of hydrogen-bond acceptors (Lipinski definition) is 4. The Bertz CT molecular complexity index is 917. The Morgan fingerprint density at radius 1 is 1.26 bits per heavy atom. The van der Waals surface area contributed by atoms with E-state index in [0.29, 0.717) is 5.75 Å². The van der Waals surface area contributed by atoms with Crippen molar-refractivity contribution in [3.8, 4) is 17.0 Å². The van der Waals surface area contributed by atoms with Gasteiger partial charge in [0.15, 0.2) is 6.61 Å². The van der Waals surface area contributed by atoms with Gasteiger partial charge in [0.1, 0.15) is 11.4 Å². The normalized spacial score (nSPS) is 14.0. The minimum absolute atomic E-state index is 0.00740. The molecule has 0 saturated heterocycles. The number of rotatable bonds is 2. The van der Waals surface area contributed by atoms with E-state index in [4.69, 9.17) is 4.74 Å². The van der Waals surface area contributed by atoms with E-state index in [9.17, 15) is 9.90 Å². The Kier molecular flexibility index (Phi) is 3.06. The summed E-state index contributed by atoms with van der Waals surface area (Å²) in [5.41, 5.74) is 4.07. The molecule has 0 saturated carbocycles. The molecule has 3 heterocycles. The molecular formula is C17H15N3O3. The Balaban J connectivity index is 1.80. The highest BCUT2D eigenvalue weighted by molar-refractivity contribution is 5.98. The smallest absolute Gasteiger partial charge is 0.264 e. The molecule has 4 rings (SSSR count). The number of ether oxygens (including phenoxy) is 1. The molecule has 0 spiro atoms. The van der Waals surface area contributed by atoms with Crippen molar-refractivity contribution in [2.24, 2.45) is 0 Å². The van der Waals surface area contributed by atoms with Crippen LogP contribution in [0.3, 0.4) is 0 Å². The van der Waals surface area contributed by atoms with Crippen molar-refractivity contribution in [2.75, 3.05) is 18.6 Å². The van der Waals surface area contributed by atoms with Crippen molar-refractivity contribution in [1.82, 2.24) is 9.38 Å². The first kappa shape index (κ1) is 13.8. The molecule has 0 bridgehead atoms. The second-order valence-corrected chi connectivity index (χ2v) is 5.51. The second kappa shape index (κ2) is 5.10. The fourth-order valence-electron chi connectivity index (χ4n) is 2.70. The minimum atomic E-state index is -0.0720. The maximum Gasteiger partial charge on any atom is 0.264 e. The summed E-state index contributed by atoms with van der Waals surface area (Å²) in [5.74, 6) is 0.624. The molecule has 1 aliphatic heterocycles. The molecule has 6 nitrogen and oxygen atoms in total. The van der Waals surface area contributed by atoms with Crippen LogP contribution in [0.2, 0.25) is 0 Å². The largest absolute Gasteiger partial charge is 0.482 e. The van der Waals surface area contributed by atoms with E-state index in [1.54, 1.807) is 11.9 Å². The standard InChI is InChI=1S/C17H15N3O3/c1-19-14-6-12(3-4-15(14)23-10-17(19)22)13-8-20-7-11(9-21)2-5-16(20)18-13/h2-8,21H,9-10H2,1H3. The van der Waals surface area contributed by atoms with E-state index < -0.39 is 0 Å². The lowest BCUT2D eigenvalue weighted by molar-refractivity contribution is -0.120. The van der Waals surface area contributed by atoms with Crippen LogP contribution in [0, 0.1) is 0 Å². The van der Waals surface area contributed by atoms with Crippen LogP contribution < -0.4 is 9.64 Å².